The molecular weight excluding hydrogens is 490 g/mol. The highest BCUT2D eigenvalue weighted by atomic mass is 32.2. The molecule has 37 heavy (non-hydrogen) atoms. The van der Waals surface area contributed by atoms with E-state index in [1.165, 1.54) is 22.6 Å². The maximum Gasteiger partial charge on any atom is 0.260 e. The van der Waals surface area contributed by atoms with Crippen molar-refractivity contribution in [2.24, 2.45) is 0 Å². The molecule has 0 aliphatic carbocycles. The van der Waals surface area contributed by atoms with Crippen LogP contribution in [0.25, 0.3) is 0 Å². The number of nitrogens with one attached hydrogen (secondary N) is 3. The van der Waals surface area contributed by atoms with Gasteiger partial charge in [-0.25, -0.2) is 13.4 Å². The van der Waals surface area contributed by atoms with Crippen LogP contribution in [0.2, 0.25) is 0 Å². The zero-order valence-corrected chi connectivity index (χ0v) is 21.8. The number of benzene rings is 1. The Bertz CT molecular complexity index is 1280. The number of hydrogen-bond donors (Lipinski definition) is 3. The molecule has 0 spiro atoms. The number of carbonyl (C=O) groups excluding carboxylic acids is 1. The largest absolute Gasteiger partial charge is 0.365 e. The monoisotopic (exact) mass is 523 g/mol. The number of hydrogen-bond acceptors (Lipinski definition) is 8. The number of rotatable bonds is 11. The van der Waals surface area contributed by atoms with Crippen molar-refractivity contribution < 1.29 is 13.2 Å². The molecule has 1 amide bonds. The number of carbonyl (C=O) groups is 1. The van der Waals surface area contributed by atoms with Crippen molar-refractivity contribution >= 4 is 33.4 Å². The molecule has 4 rings (SSSR count). The Hall–Kier alpha value is -3.57. The van der Waals surface area contributed by atoms with Crippen LogP contribution in [0.3, 0.4) is 0 Å². The standard InChI is InChI=1S/C26H33N7O3S/c1-2-3-14-28-26-30-19-23(24(32-26)29-18-20-8-7-13-27-17-20)25(34)31-21-9-11-22(12-10-21)37(35,36)33-15-5-4-6-16-33/h7-13,17,19H,2-6,14-16,18H2,1H3,(H,31,34)(H2,28,29,30,32). The Morgan fingerprint density at radius 2 is 1.81 bits per heavy atom. The lowest BCUT2D eigenvalue weighted by molar-refractivity contribution is 0.102. The Kier molecular flexibility index (Phi) is 9.02. The molecular formula is C26H33N7O3S. The van der Waals surface area contributed by atoms with Gasteiger partial charge < -0.3 is 16.0 Å². The molecule has 0 radical (unpaired) electrons. The number of amides is 1. The van der Waals surface area contributed by atoms with Crippen LogP contribution in [-0.2, 0) is 16.6 Å². The summed E-state index contributed by atoms with van der Waals surface area (Å²) in [4.78, 5) is 26.3. The van der Waals surface area contributed by atoms with Crippen LogP contribution in [-0.4, -0.2) is 53.2 Å². The molecule has 1 saturated heterocycles. The van der Waals surface area contributed by atoms with E-state index in [1.807, 2.05) is 12.1 Å². The number of nitrogens with zero attached hydrogens (tertiary/aromatic N) is 4. The van der Waals surface area contributed by atoms with Gasteiger partial charge in [-0.1, -0.05) is 25.8 Å². The van der Waals surface area contributed by atoms with Crippen LogP contribution < -0.4 is 16.0 Å². The summed E-state index contributed by atoms with van der Waals surface area (Å²) in [5.74, 6) is 0.422. The van der Waals surface area contributed by atoms with Crippen LogP contribution in [0.1, 0.15) is 54.9 Å². The summed E-state index contributed by atoms with van der Waals surface area (Å²) in [6.45, 7) is 4.35. The summed E-state index contributed by atoms with van der Waals surface area (Å²) < 4.78 is 27.3. The van der Waals surface area contributed by atoms with Crippen LogP contribution in [0, 0.1) is 0 Å². The van der Waals surface area contributed by atoms with Gasteiger partial charge >= 0.3 is 0 Å². The average Bonchev–Trinajstić information content (AvgIpc) is 2.93. The minimum absolute atomic E-state index is 0.220. The van der Waals surface area contributed by atoms with E-state index in [1.54, 1.807) is 24.5 Å². The molecule has 0 unspecified atom stereocenters. The minimum Gasteiger partial charge on any atom is -0.365 e. The lowest BCUT2D eigenvalue weighted by Gasteiger charge is -2.25. The molecule has 0 atom stereocenters. The zero-order chi connectivity index (χ0) is 26.1. The van der Waals surface area contributed by atoms with E-state index in [2.05, 4.69) is 37.8 Å². The van der Waals surface area contributed by atoms with Gasteiger partial charge in [0.05, 0.1) is 4.90 Å². The third-order valence-electron chi connectivity index (χ3n) is 6.09. The zero-order valence-electron chi connectivity index (χ0n) is 21.0. The summed E-state index contributed by atoms with van der Waals surface area (Å²) >= 11 is 0. The van der Waals surface area contributed by atoms with Gasteiger partial charge in [-0.2, -0.15) is 9.29 Å². The molecule has 0 bridgehead atoms. The van der Waals surface area contributed by atoms with Gasteiger partial charge in [-0.3, -0.25) is 9.78 Å². The van der Waals surface area contributed by atoms with Crippen molar-refractivity contribution in [3.05, 3.63) is 66.1 Å². The van der Waals surface area contributed by atoms with Gasteiger partial charge in [0, 0.05) is 50.5 Å². The summed E-state index contributed by atoms with van der Waals surface area (Å²) in [6.07, 6.45) is 9.75. The van der Waals surface area contributed by atoms with Crippen molar-refractivity contribution in [2.45, 2.75) is 50.5 Å². The molecule has 196 valence electrons. The third kappa shape index (κ3) is 7.01. The topological polar surface area (TPSA) is 129 Å². The molecule has 1 aliphatic rings. The Balaban J connectivity index is 1.49. The van der Waals surface area contributed by atoms with E-state index < -0.39 is 15.9 Å². The second kappa shape index (κ2) is 12.6. The van der Waals surface area contributed by atoms with Crippen molar-refractivity contribution in [2.75, 3.05) is 35.6 Å². The summed E-state index contributed by atoms with van der Waals surface area (Å²) in [5.41, 5.74) is 1.69. The number of pyridine rings is 1. The fourth-order valence-corrected chi connectivity index (χ4v) is 5.51. The average molecular weight is 524 g/mol. The summed E-state index contributed by atoms with van der Waals surface area (Å²) in [7, 11) is -3.54. The number of aromatic nitrogens is 3. The molecule has 0 saturated carbocycles. The van der Waals surface area contributed by atoms with E-state index in [-0.39, 0.29) is 10.5 Å². The van der Waals surface area contributed by atoms with Gasteiger partial charge in [0.1, 0.15) is 11.4 Å². The number of sulfonamides is 1. The molecule has 1 aliphatic heterocycles. The number of unbranched alkanes of at least 4 members (excludes halogenated alkanes) is 1. The normalized spacial score (nSPS) is 14.2. The molecule has 3 heterocycles. The molecule has 3 N–H and O–H groups in total. The molecule has 1 aromatic carbocycles. The second-order valence-electron chi connectivity index (χ2n) is 8.89. The van der Waals surface area contributed by atoms with Gasteiger partial charge in [0.15, 0.2) is 0 Å². The third-order valence-corrected chi connectivity index (χ3v) is 8.01. The van der Waals surface area contributed by atoms with Crippen molar-refractivity contribution in [3.8, 4) is 0 Å². The van der Waals surface area contributed by atoms with E-state index >= 15 is 0 Å². The van der Waals surface area contributed by atoms with E-state index in [0.717, 1.165) is 44.2 Å². The quantitative estimate of drug-likeness (QED) is 0.320. The van der Waals surface area contributed by atoms with Gasteiger partial charge in [-0.15, -0.1) is 0 Å². The predicted molar refractivity (Wildman–Crippen MR) is 144 cm³/mol. The fraction of sp³-hybridized carbons (Fsp3) is 0.385. The number of anilines is 3. The molecule has 1 fully saturated rings. The highest BCUT2D eigenvalue weighted by Crippen LogP contribution is 2.23. The summed E-state index contributed by atoms with van der Waals surface area (Å²) in [5, 5.41) is 9.22. The van der Waals surface area contributed by atoms with Crippen LogP contribution in [0.15, 0.2) is 59.9 Å². The first-order valence-corrected chi connectivity index (χ1v) is 14.1. The maximum atomic E-state index is 13.2. The molecule has 3 aromatic rings. The van der Waals surface area contributed by atoms with Gasteiger partial charge in [0.25, 0.3) is 5.91 Å². The smallest absolute Gasteiger partial charge is 0.260 e. The highest BCUT2D eigenvalue weighted by Gasteiger charge is 2.26. The Morgan fingerprint density at radius 1 is 1.03 bits per heavy atom. The Labute approximate surface area is 218 Å². The van der Waals surface area contributed by atoms with E-state index in [9.17, 15) is 13.2 Å². The lowest BCUT2D eigenvalue weighted by atomic mass is 10.2. The number of piperidine rings is 1. The van der Waals surface area contributed by atoms with E-state index in [0.29, 0.717) is 37.1 Å². The lowest BCUT2D eigenvalue weighted by Crippen LogP contribution is -2.35. The van der Waals surface area contributed by atoms with Crippen LogP contribution in [0.4, 0.5) is 17.5 Å². The SMILES string of the molecule is CCCCNc1ncc(C(=O)Nc2ccc(S(=O)(=O)N3CCCCC3)cc2)c(NCc2cccnc2)n1. The van der Waals surface area contributed by atoms with Crippen molar-refractivity contribution in [1.82, 2.24) is 19.3 Å². The van der Waals surface area contributed by atoms with Crippen LogP contribution in [0.5, 0.6) is 0 Å². The first-order chi connectivity index (χ1) is 18.0. The molecule has 2 aromatic heterocycles. The molecule has 11 heteroatoms. The summed E-state index contributed by atoms with van der Waals surface area (Å²) in [6, 6.07) is 10.0. The predicted octanol–water partition coefficient (Wildman–Crippen LogP) is 4.12. The Morgan fingerprint density at radius 3 is 2.51 bits per heavy atom. The first-order valence-electron chi connectivity index (χ1n) is 12.6. The minimum atomic E-state index is -3.54. The maximum absolute atomic E-state index is 13.2. The fourth-order valence-electron chi connectivity index (χ4n) is 4.00. The first kappa shape index (κ1) is 26.5. The van der Waals surface area contributed by atoms with Gasteiger partial charge in [-0.05, 0) is 55.2 Å². The second-order valence-corrected chi connectivity index (χ2v) is 10.8. The van der Waals surface area contributed by atoms with Crippen molar-refractivity contribution in [1.29, 1.82) is 0 Å². The van der Waals surface area contributed by atoms with E-state index in [4.69, 9.17) is 0 Å². The van der Waals surface area contributed by atoms with Crippen molar-refractivity contribution in [3.63, 3.8) is 0 Å². The van der Waals surface area contributed by atoms with Gasteiger partial charge in [0.2, 0.25) is 16.0 Å². The highest BCUT2D eigenvalue weighted by molar-refractivity contribution is 7.89. The van der Waals surface area contributed by atoms with Crippen LogP contribution >= 0.6 is 0 Å². The molecule has 10 nitrogen and oxygen atoms in total.